The summed E-state index contributed by atoms with van der Waals surface area (Å²) < 4.78 is 1.52. The first kappa shape index (κ1) is 13.2. The van der Waals surface area contributed by atoms with Gasteiger partial charge >= 0.3 is 0 Å². The second-order valence-corrected chi connectivity index (χ2v) is 4.23. The molecule has 0 radical (unpaired) electrons. The van der Waals surface area contributed by atoms with Crippen LogP contribution in [-0.2, 0) is 0 Å². The number of hydrogen-bond donors (Lipinski definition) is 1. The second-order valence-electron chi connectivity index (χ2n) is 4.23. The number of rotatable bonds is 5. The third kappa shape index (κ3) is 3.15. The molecule has 0 aliphatic carbocycles. The zero-order valence-corrected chi connectivity index (χ0v) is 11.1. The maximum Gasteiger partial charge on any atom is 0.251 e. The van der Waals surface area contributed by atoms with Gasteiger partial charge in [0.15, 0.2) is 5.82 Å². The quantitative estimate of drug-likeness (QED) is 0.884. The molecule has 0 aromatic carbocycles. The molecule has 6 nitrogen and oxygen atoms in total. The lowest BCUT2D eigenvalue weighted by Gasteiger charge is -2.14. The minimum atomic E-state index is -0.0857. The highest BCUT2D eigenvalue weighted by atomic mass is 16.1. The molecule has 0 saturated heterocycles. The maximum atomic E-state index is 12.1. The van der Waals surface area contributed by atoms with Crippen LogP contribution in [0.15, 0.2) is 31.0 Å². The minimum absolute atomic E-state index is 0.0857. The van der Waals surface area contributed by atoms with E-state index in [1.807, 2.05) is 0 Å². The SMILES string of the molecule is CCC(CC)NC(=O)c1ccnc(-n2cncn2)c1. The first-order valence-corrected chi connectivity index (χ1v) is 6.36. The van der Waals surface area contributed by atoms with E-state index in [0.29, 0.717) is 11.4 Å². The summed E-state index contributed by atoms with van der Waals surface area (Å²) in [7, 11) is 0. The molecule has 0 saturated carbocycles. The monoisotopic (exact) mass is 259 g/mol. The van der Waals surface area contributed by atoms with Gasteiger partial charge in [-0.3, -0.25) is 4.79 Å². The number of nitrogens with zero attached hydrogens (tertiary/aromatic N) is 4. The first-order chi connectivity index (χ1) is 9.24. The van der Waals surface area contributed by atoms with Crippen LogP contribution in [0.3, 0.4) is 0 Å². The lowest BCUT2D eigenvalue weighted by atomic mass is 10.1. The molecule has 0 aliphatic heterocycles. The summed E-state index contributed by atoms with van der Waals surface area (Å²) in [6.07, 6.45) is 6.41. The molecular weight excluding hydrogens is 242 g/mol. The van der Waals surface area contributed by atoms with Crippen molar-refractivity contribution in [3.05, 3.63) is 36.5 Å². The van der Waals surface area contributed by atoms with Crippen molar-refractivity contribution in [2.45, 2.75) is 32.7 Å². The summed E-state index contributed by atoms with van der Waals surface area (Å²) in [6, 6.07) is 3.60. The fourth-order valence-corrected chi connectivity index (χ4v) is 1.77. The van der Waals surface area contributed by atoms with Crippen molar-refractivity contribution >= 4 is 5.91 Å². The van der Waals surface area contributed by atoms with Crippen LogP contribution in [0.2, 0.25) is 0 Å². The van der Waals surface area contributed by atoms with Crippen molar-refractivity contribution in [2.24, 2.45) is 0 Å². The molecule has 0 unspecified atom stereocenters. The molecule has 0 fully saturated rings. The van der Waals surface area contributed by atoms with E-state index in [1.54, 1.807) is 24.7 Å². The maximum absolute atomic E-state index is 12.1. The Morgan fingerprint density at radius 1 is 1.42 bits per heavy atom. The Bertz CT molecular complexity index is 534. The van der Waals surface area contributed by atoms with Crippen LogP contribution in [0.5, 0.6) is 0 Å². The molecule has 6 heteroatoms. The summed E-state index contributed by atoms with van der Waals surface area (Å²) >= 11 is 0. The van der Waals surface area contributed by atoms with Crippen LogP contribution < -0.4 is 5.32 Å². The fraction of sp³-hybridized carbons (Fsp3) is 0.385. The van der Waals surface area contributed by atoms with Crippen LogP contribution in [0.25, 0.3) is 5.82 Å². The van der Waals surface area contributed by atoms with Gasteiger partial charge in [-0.2, -0.15) is 5.10 Å². The van der Waals surface area contributed by atoms with E-state index in [1.165, 1.54) is 11.0 Å². The number of carbonyl (C=O) groups is 1. The molecule has 2 aromatic heterocycles. The van der Waals surface area contributed by atoms with Gasteiger partial charge in [-0.05, 0) is 25.0 Å². The minimum Gasteiger partial charge on any atom is -0.349 e. The lowest BCUT2D eigenvalue weighted by Crippen LogP contribution is -2.33. The Labute approximate surface area is 111 Å². The van der Waals surface area contributed by atoms with Gasteiger partial charge in [0.1, 0.15) is 12.7 Å². The Morgan fingerprint density at radius 2 is 2.21 bits per heavy atom. The topological polar surface area (TPSA) is 72.7 Å². The summed E-state index contributed by atoms with van der Waals surface area (Å²) in [6.45, 7) is 4.11. The average molecular weight is 259 g/mol. The number of amides is 1. The number of nitrogens with one attached hydrogen (secondary N) is 1. The summed E-state index contributed by atoms with van der Waals surface area (Å²) in [5, 5.41) is 6.98. The average Bonchev–Trinajstić information content (AvgIpc) is 2.99. The van der Waals surface area contributed by atoms with Crippen molar-refractivity contribution in [3.8, 4) is 5.82 Å². The van der Waals surface area contributed by atoms with E-state index in [4.69, 9.17) is 0 Å². The fourth-order valence-electron chi connectivity index (χ4n) is 1.77. The highest BCUT2D eigenvalue weighted by Crippen LogP contribution is 2.07. The van der Waals surface area contributed by atoms with E-state index in [9.17, 15) is 4.79 Å². The largest absolute Gasteiger partial charge is 0.349 e. The van der Waals surface area contributed by atoms with Crippen molar-refractivity contribution < 1.29 is 4.79 Å². The molecule has 0 atom stereocenters. The molecule has 2 aromatic rings. The summed E-state index contributed by atoms with van der Waals surface area (Å²) in [5.74, 6) is 0.493. The summed E-state index contributed by atoms with van der Waals surface area (Å²) in [4.78, 5) is 20.1. The van der Waals surface area contributed by atoms with E-state index >= 15 is 0 Å². The normalized spacial score (nSPS) is 10.7. The van der Waals surface area contributed by atoms with Crippen LogP contribution in [0, 0.1) is 0 Å². The Morgan fingerprint density at radius 3 is 2.84 bits per heavy atom. The van der Waals surface area contributed by atoms with Crippen molar-refractivity contribution in [1.29, 1.82) is 0 Å². The number of aromatic nitrogens is 4. The Balaban J connectivity index is 2.17. The van der Waals surface area contributed by atoms with Crippen molar-refractivity contribution in [2.75, 3.05) is 0 Å². The van der Waals surface area contributed by atoms with Gasteiger partial charge in [-0.1, -0.05) is 13.8 Å². The molecule has 1 N–H and O–H groups in total. The van der Waals surface area contributed by atoms with Crippen LogP contribution in [0.1, 0.15) is 37.0 Å². The first-order valence-electron chi connectivity index (χ1n) is 6.36. The highest BCUT2D eigenvalue weighted by Gasteiger charge is 2.11. The molecule has 2 heterocycles. The zero-order chi connectivity index (χ0) is 13.7. The van der Waals surface area contributed by atoms with E-state index in [0.717, 1.165) is 12.8 Å². The zero-order valence-electron chi connectivity index (χ0n) is 11.1. The number of carbonyl (C=O) groups excluding carboxylic acids is 1. The Hall–Kier alpha value is -2.24. The van der Waals surface area contributed by atoms with Crippen LogP contribution >= 0.6 is 0 Å². The molecule has 100 valence electrons. The van der Waals surface area contributed by atoms with E-state index in [-0.39, 0.29) is 11.9 Å². The van der Waals surface area contributed by atoms with Gasteiger partial charge in [-0.15, -0.1) is 0 Å². The van der Waals surface area contributed by atoms with Crippen LogP contribution in [-0.4, -0.2) is 31.7 Å². The smallest absolute Gasteiger partial charge is 0.251 e. The number of pyridine rings is 1. The lowest BCUT2D eigenvalue weighted by molar-refractivity contribution is 0.0934. The standard InChI is InChI=1S/C13H17N5O/c1-3-11(4-2)17-13(19)10-5-6-15-12(7-10)18-9-14-8-16-18/h5-9,11H,3-4H2,1-2H3,(H,17,19). The third-order valence-corrected chi connectivity index (χ3v) is 2.98. The molecular formula is C13H17N5O. The molecule has 1 amide bonds. The van der Waals surface area contributed by atoms with Crippen LogP contribution in [0.4, 0.5) is 0 Å². The van der Waals surface area contributed by atoms with Gasteiger partial charge in [-0.25, -0.2) is 14.6 Å². The van der Waals surface area contributed by atoms with Gasteiger partial charge in [0, 0.05) is 17.8 Å². The van der Waals surface area contributed by atoms with Gasteiger partial charge < -0.3 is 5.32 Å². The molecule has 0 spiro atoms. The predicted molar refractivity (Wildman–Crippen MR) is 71.0 cm³/mol. The van der Waals surface area contributed by atoms with Crippen molar-refractivity contribution in [3.63, 3.8) is 0 Å². The Kier molecular flexibility index (Phi) is 4.22. The molecule has 0 bridgehead atoms. The predicted octanol–water partition coefficient (Wildman–Crippen LogP) is 1.58. The molecule has 19 heavy (non-hydrogen) atoms. The number of hydrogen-bond acceptors (Lipinski definition) is 4. The third-order valence-electron chi connectivity index (χ3n) is 2.98. The van der Waals surface area contributed by atoms with Gasteiger partial charge in [0.05, 0.1) is 0 Å². The molecule has 2 rings (SSSR count). The summed E-state index contributed by atoms with van der Waals surface area (Å²) in [5.41, 5.74) is 0.576. The molecule has 0 aliphatic rings. The highest BCUT2D eigenvalue weighted by molar-refractivity contribution is 5.94. The van der Waals surface area contributed by atoms with Crippen molar-refractivity contribution in [1.82, 2.24) is 25.1 Å². The second kappa shape index (κ2) is 6.08. The van der Waals surface area contributed by atoms with E-state index in [2.05, 4.69) is 34.2 Å². The van der Waals surface area contributed by atoms with E-state index < -0.39 is 0 Å². The van der Waals surface area contributed by atoms with Gasteiger partial charge in [0.2, 0.25) is 0 Å². The van der Waals surface area contributed by atoms with Gasteiger partial charge in [0.25, 0.3) is 5.91 Å².